The minimum atomic E-state index is 0.0486. The van der Waals surface area contributed by atoms with Crippen molar-refractivity contribution in [1.29, 1.82) is 0 Å². The third-order valence-corrected chi connectivity index (χ3v) is 5.85. The van der Waals surface area contributed by atoms with Crippen LogP contribution in [0.25, 0.3) is 0 Å². The molecule has 0 aliphatic carbocycles. The minimum Gasteiger partial charge on any atom is -0.496 e. The van der Waals surface area contributed by atoms with Crippen molar-refractivity contribution in [2.24, 2.45) is 5.92 Å². The van der Waals surface area contributed by atoms with Gasteiger partial charge in [0.05, 0.1) is 13.2 Å². The highest BCUT2D eigenvalue weighted by Gasteiger charge is 2.36. The van der Waals surface area contributed by atoms with Gasteiger partial charge < -0.3 is 14.4 Å². The summed E-state index contributed by atoms with van der Waals surface area (Å²) in [4.78, 5) is 17.0. The number of hydrogen-bond donors (Lipinski definition) is 0. The fourth-order valence-electron chi connectivity index (χ4n) is 4.44. The van der Waals surface area contributed by atoms with Crippen LogP contribution in [0.2, 0.25) is 0 Å². The third-order valence-electron chi connectivity index (χ3n) is 5.85. The Bertz CT molecular complexity index is 824. The zero-order chi connectivity index (χ0) is 19.5. The van der Waals surface area contributed by atoms with Crippen LogP contribution in [0.1, 0.15) is 17.5 Å². The van der Waals surface area contributed by atoms with Gasteiger partial charge in [-0.2, -0.15) is 0 Å². The molecule has 5 heteroatoms. The summed E-state index contributed by atoms with van der Waals surface area (Å²) in [6, 6.07) is 16.2. The lowest BCUT2D eigenvalue weighted by atomic mass is 9.93. The summed E-state index contributed by atoms with van der Waals surface area (Å²) >= 11 is 0. The third kappa shape index (κ3) is 3.91. The first kappa shape index (κ1) is 19.0. The Hall–Kier alpha value is -2.37. The molecule has 148 valence electrons. The van der Waals surface area contributed by atoms with Gasteiger partial charge in [-0.1, -0.05) is 36.4 Å². The smallest absolute Gasteiger partial charge is 0.252 e. The standard InChI is InChI=1S/C23H28N2O3/c1-17-7-6-8-18(23(17)27-2)13-24-12-11-21-19(14-24)15-25(22(26)16-28-21)20-9-4-3-5-10-20/h3-10,19,21H,11-16H2,1-2H3/t19-,21+/m1/s1. The van der Waals surface area contributed by atoms with E-state index in [1.54, 1.807) is 7.11 Å². The number of likely N-dealkylation sites (tertiary alicyclic amines) is 1. The average molecular weight is 380 g/mol. The number of nitrogens with zero attached hydrogens (tertiary/aromatic N) is 2. The molecule has 2 saturated heterocycles. The number of aryl methyl sites for hydroxylation is 1. The lowest BCUT2D eigenvalue weighted by Gasteiger charge is -2.38. The van der Waals surface area contributed by atoms with Gasteiger partial charge in [0.15, 0.2) is 0 Å². The highest BCUT2D eigenvalue weighted by molar-refractivity contribution is 5.94. The molecule has 2 aliphatic heterocycles. The van der Waals surface area contributed by atoms with Crippen molar-refractivity contribution in [3.05, 3.63) is 59.7 Å². The van der Waals surface area contributed by atoms with Crippen LogP contribution in [0.5, 0.6) is 5.75 Å². The molecule has 0 bridgehead atoms. The van der Waals surface area contributed by atoms with Gasteiger partial charge in [-0.05, 0) is 31.0 Å². The van der Waals surface area contributed by atoms with Crippen molar-refractivity contribution in [2.75, 3.05) is 38.3 Å². The second-order valence-electron chi connectivity index (χ2n) is 7.74. The second-order valence-corrected chi connectivity index (χ2v) is 7.74. The van der Waals surface area contributed by atoms with Gasteiger partial charge in [-0.25, -0.2) is 0 Å². The maximum atomic E-state index is 12.6. The zero-order valence-corrected chi connectivity index (χ0v) is 16.6. The number of carbonyl (C=O) groups is 1. The molecule has 2 heterocycles. The Balaban J connectivity index is 1.50. The molecule has 4 rings (SSSR count). The fraction of sp³-hybridized carbons (Fsp3) is 0.435. The van der Waals surface area contributed by atoms with Gasteiger partial charge in [0, 0.05) is 43.3 Å². The lowest BCUT2D eigenvalue weighted by molar-refractivity contribution is -0.124. The second kappa shape index (κ2) is 8.33. The average Bonchev–Trinajstić information content (AvgIpc) is 2.88. The molecular formula is C23H28N2O3. The van der Waals surface area contributed by atoms with Crippen LogP contribution in [0.15, 0.2) is 48.5 Å². The van der Waals surface area contributed by atoms with Crippen molar-refractivity contribution in [2.45, 2.75) is 26.0 Å². The summed E-state index contributed by atoms with van der Waals surface area (Å²) in [6.07, 6.45) is 1.10. The number of carbonyl (C=O) groups excluding carboxylic acids is 1. The number of piperidine rings is 1. The number of hydrogen-bond acceptors (Lipinski definition) is 4. The highest BCUT2D eigenvalue weighted by Crippen LogP contribution is 2.30. The van der Waals surface area contributed by atoms with Crippen LogP contribution in [-0.4, -0.2) is 50.3 Å². The number of anilines is 1. The molecular weight excluding hydrogens is 352 g/mol. The Labute approximate surface area is 166 Å². The maximum Gasteiger partial charge on any atom is 0.252 e. The number of methoxy groups -OCH3 is 1. The van der Waals surface area contributed by atoms with Gasteiger partial charge in [-0.3, -0.25) is 9.69 Å². The van der Waals surface area contributed by atoms with E-state index in [1.807, 2.05) is 35.2 Å². The first-order chi connectivity index (χ1) is 13.7. The summed E-state index contributed by atoms with van der Waals surface area (Å²) < 4.78 is 11.6. The van der Waals surface area contributed by atoms with E-state index in [1.165, 1.54) is 5.56 Å². The highest BCUT2D eigenvalue weighted by atomic mass is 16.5. The van der Waals surface area contributed by atoms with E-state index in [2.05, 4.69) is 30.0 Å². The van der Waals surface area contributed by atoms with E-state index in [0.29, 0.717) is 12.5 Å². The van der Waals surface area contributed by atoms with Crippen LogP contribution in [0, 0.1) is 12.8 Å². The van der Waals surface area contributed by atoms with Gasteiger partial charge >= 0.3 is 0 Å². The van der Waals surface area contributed by atoms with Crippen LogP contribution in [0.4, 0.5) is 5.69 Å². The molecule has 2 aromatic rings. The van der Waals surface area contributed by atoms with Gasteiger partial charge in [0.25, 0.3) is 5.91 Å². The minimum absolute atomic E-state index is 0.0486. The van der Waals surface area contributed by atoms with Crippen molar-refractivity contribution in [3.8, 4) is 5.75 Å². The van der Waals surface area contributed by atoms with Crippen LogP contribution >= 0.6 is 0 Å². The molecule has 2 aromatic carbocycles. The summed E-state index contributed by atoms with van der Waals surface area (Å²) in [7, 11) is 1.74. The molecule has 2 atom stereocenters. The maximum absolute atomic E-state index is 12.6. The first-order valence-electron chi connectivity index (χ1n) is 9.97. The molecule has 0 spiro atoms. The van der Waals surface area contributed by atoms with Gasteiger partial charge in [-0.15, -0.1) is 0 Å². The summed E-state index contributed by atoms with van der Waals surface area (Å²) in [5.41, 5.74) is 3.33. The van der Waals surface area contributed by atoms with Crippen LogP contribution in [0.3, 0.4) is 0 Å². The Morgan fingerprint density at radius 2 is 1.93 bits per heavy atom. The number of para-hydroxylation sites is 2. The van der Waals surface area contributed by atoms with Crippen molar-refractivity contribution in [1.82, 2.24) is 4.90 Å². The largest absolute Gasteiger partial charge is 0.496 e. The molecule has 1 amide bonds. The quantitative estimate of drug-likeness (QED) is 0.817. The normalized spacial score (nSPS) is 23.2. The number of benzene rings is 2. The molecule has 0 unspecified atom stereocenters. The Kier molecular flexibility index (Phi) is 5.64. The summed E-state index contributed by atoms with van der Waals surface area (Å²) in [6.45, 7) is 5.69. The summed E-state index contributed by atoms with van der Waals surface area (Å²) in [5.74, 6) is 1.33. The Morgan fingerprint density at radius 1 is 1.11 bits per heavy atom. The molecule has 28 heavy (non-hydrogen) atoms. The van der Waals surface area contributed by atoms with E-state index in [-0.39, 0.29) is 18.6 Å². The fourth-order valence-corrected chi connectivity index (χ4v) is 4.44. The molecule has 5 nitrogen and oxygen atoms in total. The van der Waals surface area contributed by atoms with Crippen LogP contribution in [-0.2, 0) is 16.1 Å². The number of ether oxygens (including phenoxy) is 2. The SMILES string of the molecule is COc1c(C)cccc1CN1CC[C@@H]2OCC(=O)N(c3ccccc3)C[C@H]2C1. The van der Waals surface area contributed by atoms with Crippen molar-refractivity contribution in [3.63, 3.8) is 0 Å². The van der Waals surface area contributed by atoms with Gasteiger partial charge in [0.1, 0.15) is 12.4 Å². The molecule has 0 saturated carbocycles. The van der Waals surface area contributed by atoms with E-state index >= 15 is 0 Å². The number of rotatable bonds is 4. The number of amides is 1. The van der Waals surface area contributed by atoms with E-state index < -0.39 is 0 Å². The molecule has 0 N–H and O–H groups in total. The first-order valence-corrected chi connectivity index (χ1v) is 9.97. The Morgan fingerprint density at radius 3 is 2.71 bits per heavy atom. The van der Waals surface area contributed by atoms with Crippen LogP contribution < -0.4 is 9.64 Å². The lowest BCUT2D eigenvalue weighted by Crippen LogP contribution is -2.47. The van der Waals surface area contributed by atoms with E-state index in [9.17, 15) is 4.79 Å². The number of fused-ring (bicyclic) bond motifs is 1. The monoisotopic (exact) mass is 380 g/mol. The molecule has 0 aromatic heterocycles. The predicted molar refractivity (Wildman–Crippen MR) is 110 cm³/mol. The van der Waals surface area contributed by atoms with E-state index in [4.69, 9.17) is 9.47 Å². The van der Waals surface area contributed by atoms with E-state index in [0.717, 1.165) is 43.1 Å². The van der Waals surface area contributed by atoms with Crippen molar-refractivity contribution >= 4 is 11.6 Å². The molecule has 2 fully saturated rings. The molecule has 2 aliphatic rings. The topological polar surface area (TPSA) is 42.0 Å². The van der Waals surface area contributed by atoms with Gasteiger partial charge in [0.2, 0.25) is 0 Å². The zero-order valence-electron chi connectivity index (χ0n) is 16.6. The summed E-state index contributed by atoms with van der Waals surface area (Å²) in [5, 5.41) is 0. The molecule has 0 radical (unpaired) electrons. The van der Waals surface area contributed by atoms with Crippen molar-refractivity contribution < 1.29 is 14.3 Å². The predicted octanol–water partition coefficient (Wildman–Crippen LogP) is 3.26.